The fourth-order valence-electron chi connectivity index (χ4n) is 1.38. The second kappa shape index (κ2) is 4.64. The SMILES string of the molecule is Oc1c(F)c(F)c(C(O)(C(F)(F)F)C(F)(F)F)c(F)c1F. The predicted octanol–water partition coefficient (Wildman–Crippen LogP) is 3.26. The van der Waals surface area contributed by atoms with Gasteiger partial charge in [-0.2, -0.15) is 35.1 Å². The van der Waals surface area contributed by atoms with Crippen molar-refractivity contribution in [3.8, 4) is 5.75 Å². The maximum absolute atomic E-state index is 13.2. The minimum absolute atomic E-state index is 2.47. The quantitative estimate of drug-likeness (QED) is 0.612. The molecule has 0 spiro atoms. The number of aromatic hydroxyl groups is 1. The highest BCUT2D eigenvalue weighted by molar-refractivity contribution is 5.38. The Kier molecular flexibility index (Phi) is 3.83. The van der Waals surface area contributed by atoms with Crippen LogP contribution in [0.5, 0.6) is 5.75 Å². The maximum atomic E-state index is 13.2. The van der Waals surface area contributed by atoms with E-state index in [0.29, 0.717) is 0 Å². The molecule has 2 nitrogen and oxygen atoms in total. The van der Waals surface area contributed by atoms with E-state index in [4.69, 9.17) is 10.2 Å². The van der Waals surface area contributed by atoms with Crippen LogP contribution < -0.4 is 0 Å². The van der Waals surface area contributed by atoms with Gasteiger partial charge in [-0.25, -0.2) is 8.78 Å². The lowest BCUT2D eigenvalue weighted by Gasteiger charge is -2.33. The van der Waals surface area contributed by atoms with Crippen molar-refractivity contribution in [2.45, 2.75) is 18.0 Å². The van der Waals surface area contributed by atoms with E-state index in [9.17, 15) is 43.9 Å². The Labute approximate surface area is 108 Å². The summed E-state index contributed by atoms with van der Waals surface area (Å²) in [5, 5.41) is 17.2. The highest BCUT2D eigenvalue weighted by atomic mass is 19.4. The number of hydrogen-bond acceptors (Lipinski definition) is 2. The Morgan fingerprint density at radius 1 is 0.619 bits per heavy atom. The number of alkyl halides is 6. The fraction of sp³-hybridized carbons (Fsp3) is 0.333. The van der Waals surface area contributed by atoms with Crippen LogP contribution in [0.25, 0.3) is 0 Å². The number of rotatable bonds is 1. The van der Waals surface area contributed by atoms with Crippen molar-refractivity contribution in [2.24, 2.45) is 0 Å². The summed E-state index contributed by atoms with van der Waals surface area (Å²) in [5.74, 6) is -14.8. The standard InChI is InChI=1S/C9H2F10O2/c10-2-1(3(11)5(13)6(20)4(2)12)7(21,8(14,15)16)9(17,18)19/h20-21H. The Hall–Kier alpha value is -1.72. The van der Waals surface area contributed by atoms with E-state index in [0.717, 1.165) is 0 Å². The third kappa shape index (κ3) is 2.26. The molecule has 0 amide bonds. The molecule has 0 unspecified atom stereocenters. The van der Waals surface area contributed by atoms with Crippen molar-refractivity contribution >= 4 is 0 Å². The zero-order chi connectivity index (χ0) is 17.0. The van der Waals surface area contributed by atoms with Crippen LogP contribution in [0, 0.1) is 23.3 Å². The van der Waals surface area contributed by atoms with Crippen molar-refractivity contribution in [3.63, 3.8) is 0 Å². The molecular formula is C9H2F10O2. The first-order valence-corrected chi connectivity index (χ1v) is 4.59. The molecule has 0 saturated heterocycles. The first-order chi connectivity index (χ1) is 9.18. The van der Waals surface area contributed by atoms with E-state index in [1.807, 2.05) is 0 Å². The summed E-state index contributed by atoms with van der Waals surface area (Å²) in [5.41, 5.74) is -9.58. The van der Waals surface area contributed by atoms with Gasteiger partial charge >= 0.3 is 12.4 Å². The van der Waals surface area contributed by atoms with Crippen LogP contribution in [0.4, 0.5) is 43.9 Å². The van der Waals surface area contributed by atoms with Gasteiger partial charge in [0.25, 0.3) is 5.60 Å². The first-order valence-electron chi connectivity index (χ1n) is 4.59. The van der Waals surface area contributed by atoms with Gasteiger partial charge in [0.2, 0.25) is 11.6 Å². The van der Waals surface area contributed by atoms with E-state index < -0.39 is 52.5 Å². The molecule has 0 aliphatic carbocycles. The average Bonchev–Trinajstić information content (AvgIpc) is 2.31. The van der Waals surface area contributed by atoms with Gasteiger partial charge in [-0.3, -0.25) is 0 Å². The van der Waals surface area contributed by atoms with Gasteiger partial charge in [-0.1, -0.05) is 0 Å². The Bertz CT molecular complexity index is 530. The molecule has 0 radical (unpaired) electrons. The van der Waals surface area contributed by atoms with Gasteiger partial charge in [0.1, 0.15) is 0 Å². The second-order valence-corrected chi connectivity index (χ2v) is 3.69. The number of halogens is 10. The van der Waals surface area contributed by atoms with E-state index >= 15 is 0 Å². The van der Waals surface area contributed by atoms with Crippen molar-refractivity contribution in [1.82, 2.24) is 0 Å². The number of phenolic OH excluding ortho intramolecular Hbond substituents is 1. The van der Waals surface area contributed by atoms with Gasteiger partial charge in [-0.05, 0) is 0 Å². The van der Waals surface area contributed by atoms with Crippen molar-refractivity contribution in [1.29, 1.82) is 0 Å². The van der Waals surface area contributed by atoms with Gasteiger partial charge in [-0.15, -0.1) is 0 Å². The Balaban J connectivity index is 3.96. The number of hydrogen-bond donors (Lipinski definition) is 2. The van der Waals surface area contributed by atoms with Gasteiger partial charge in [0.05, 0.1) is 5.56 Å². The number of aliphatic hydroxyl groups is 1. The van der Waals surface area contributed by atoms with Gasteiger partial charge < -0.3 is 10.2 Å². The normalized spacial score (nSPS) is 13.7. The monoisotopic (exact) mass is 332 g/mol. The molecule has 120 valence electrons. The van der Waals surface area contributed by atoms with Gasteiger partial charge in [0, 0.05) is 0 Å². The summed E-state index contributed by atoms with van der Waals surface area (Å²) in [6.07, 6.45) is -13.5. The number of benzene rings is 1. The molecule has 0 heterocycles. The van der Waals surface area contributed by atoms with Crippen LogP contribution >= 0.6 is 0 Å². The van der Waals surface area contributed by atoms with Crippen LogP contribution in [0.1, 0.15) is 5.56 Å². The molecular weight excluding hydrogens is 330 g/mol. The zero-order valence-electron chi connectivity index (χ0n) is 9.17. The smallest absolute Gasteiger partial charge is 0.430 e. The Morgan fingerprint density at radius 2 is 0.905 bits per heavy atom. The van der Waals surface area contributed by atoms with E-state index in [1.165, 1.54) is 0 Å². The van der Waals surface area contributed by atoms with Gasteiger partial charge in [0.15, 0.2) is 17.4 Å². The molecule has 0 saturated carbocycles. The first kappa shape index (κ1) is 17.3. The largest absolute Gasteiger partial charge is 0.503 e. The van der Waals surface area contributed by atoms with E-state index in [2.05, 4.69) is 0 Å². The molecule has 0 atom stereocenters. The third-order valence-electron chi connectivity index (χ3n) is 2.42. The summed E-state index contributed by atoms with van der Waals surface area (Å²) in [6.45, 7) is 0. The highest BCUT2D eigenvalue weighted by Gasteiger charge is 2.73. The molecule has 1 aromatic carbocycles. The zero-order valence-corrected chi connectivity index (χ0v) is 9.17. The lowest BCUT2D eigenvalue weighted by atomic mass is 9.90. The third-order valence-corrected chi connectivity index (χ3v) is 2.42. The predicted molar refractivity (Wildman–Crippen MR) is 43.9 cm³/mol. The summed E-state index contributed by atoms with van der Waals surface area (Å²) in [4.78, 5) is 0. The summed E-state index contributed by atoms with van der Waals surface area (Å²) in [6, 6.07) is 0. The Morgan fingerprint density at radius 3 is 1.14 bits per heavy atom. The van der Waals surface area contributed by atoms with Crippen LogP contribution in [-0.2, 0) is 5.60 Å². The molecule has 0 aromatic heterocycles. The molecule has 0 fully saturated rings. The summed E-state index contributed by atoms with van der Waals surface area (Å²) in [7, 11) is 0. The summed E-state index contributed by atoms with van der Waals surface area (Å²) >= 11 is 0. The lowest BCUT2D eigenvalue weighted by Crippen LogP contribution is -2.55. The second-order valence-electron chi connectivity index (χ2n) is 3.69. The van der Waals surface area contributed by atoms with Crippen LogP contribution in [-0.4, -0.2) is 22.6 Å². The minimum Gasteiger partial charge on any atom is -0.503 e. The summed E-state index contributed by atoms with van der Waals surface area (Å²) < 4.78 is 126. The highest BCUT2D eigenvalue weighted by Crippen LogP contribution is 2.52. The van der Waals surface area contributed by atoms with Crippen LogP contribution in [0.3, 0.4) is 0 Å². The van der Waals surface area contributed by atoms with Crippen molar-refractivity contribution < 1.29 is 54.1 Å². The lowest BCUT2D eigenvalue weighted by molar-refractivity contribution is -0.378. The minimum atomic E-state index is -6.76. The van der Waals surface area contributed by atoms with E-state index in [1.54, 1.807) is 0 Å². The maximum Gasteiger partial charge on any atom is 0.430 e. The molecule has 12 heteroatoms. The molecule has 21 heavy (non-hydrogen) atoms. The topological polar surface area (TPSA) is 40.5 Å². The average molecular weight is 332 g/mol. The molecule has 1 rings (SSSR count). The molecule has 0 aliphatic heterocycles. The number of phenols is 1. The van der Waals surface area contributed by atoms with Crippen molar-refractivity contribution in [2.75, 3.05) is 0 Å². The molecule has 0 aliphatic rings. The van der Waals surface area contributed by atoms with Crippen molar-refractivity contribution in [3.05, 3.63) is 28.8 Å². The fourth-order valence-corrected chi connectivity index (χ4v) is 1.38. The molecule has 2 N–H and O–H groups in total. The van der Waals surface area contributed by atoms with Crippen LogP contribution in [0.2, 0.25) is 0 Å². The molecule has 0 bridgehead atoms. The van der Waals surface area contributed by atoms with E-state index in [-0.39, 0.29) is 0 Å². The molecule has 1 aromatic rings. The van der Waals surface area contributed by atoms with Crippen LogP contribution in [0.15, 0.2) is 0 Å².